The van der Waals surface area contributed by atoms with E-state index in [4.69, 9.17) is 10.7 Å². The van der Waals surface area contributed by atoms with E-state index in [0.717, 1.165) is 41.6 Å². The van der Waals surface area contributed by atoms with Gasteiger partial charge in [-0.25, -0.2) is 4.98 Å². The van der Waals surface area contributed by atoms with Gasteiger partial charge >= 0.3 is 0 Å². The smallest absolute Gasteiger partial charge is 0.117 e. The fourth-order valence-corrected chi connectivity index (χ4v) is 3.25. The molecule has 0 aliphatic carbocycles. The molecule has 0 spiro atoms. The minimum absolute atomic E-state index is 0.0132. The van der Waals surface area contributed by atoms with Crippen LogP contribution < -0.4 is 5.73 Å². The van der Waals surface area contributed by atoms with Crippen molar-refractivity contribution in [3.05, 3.63) is 28.5 Å². The first kappa shape index (κ1) is 15.5. The number of imidazole rings is 1. The molecule has 110 valence electrons. The summed E-state index contributed by atoms with van der Waals surface area (Å²) in [5, 5.41) is 0. The van der Waals surface area contributed by atoms with E-state index < -0.39 is 0 Å². The lowest BCUT2D eigenvalue weighted by atomic mass is 9.81. The van der Waals surface area contributed by atoms with Crippen molar-refractivity contribution in [2.24, 2.45) is 5.73 Å². The molecule has 0 saturated heterocycles. The van der Waals surface area contributed by atoms with Gasteiger partial charge in [0.15, 0.2) is 0 Å². The Labute approximate surface area is 129 Å². The molecule has 0 aliphatic rings. The van der Waals surface area contributed by atoms with Crippen molar-refractivity contribution in [2.75, 3.05) is 6.54 Å². The molecule has 0 amide bonds. The van der Waals surface area contributed by atoms with Gasteiger partial charge in [0.1, 0.15) is 5.82 Å². The molecule has 1 heterocycles. The van der Waals surface area contributed by atoms with E-state index in [9.17, 15) is 0 Å². The van der Waals surface area contributed by atoms with Crippen LogP contribution in [-0.4, -0.2) is 16.1 Å². The van der Waals surface area contributed by atoms with Crippen LogP contribution in [0, 0.1) is 0 Å². The van der Waals surface area contributed by atoms with E-state index in [-0.39, 0.29) is 5.41 Å². The zero-order valence-electron chi connectivity index (χ0n) is 12.6. The number of aryl methyl sites for hydroxylation is 1. The summed E-state index contributed by atoms with van der Waals surface area (Å²) in [4.78, 5) is 4.93. The highest BCUT2D eigenvalue weighted by Gasteiger charge is 2.32. The number of nitrogens with two attached hydrogens (primary N) is 1. The topological polar surface area (TPSA) is 43.8 Å². The van der Waals surface area contributed by atoms with E-state index in [2.05, 4.69) is 59.5 Å². The molecule has 1 aromatic heterocycles. The van der Waals surface area contributed by atoms with Crippen molar-refractivity contribution >= 4 is 27.0 Å². The lowest BCUT2D eigenvalue weighted by Crippen LogP contribution is -2.36. The Morgan fingerprint density at radius 1 is 1.25 bits per heavy atom. The Morgan fingerprint density at radius 2 is 1.95 bits per heavy atom. The van der Waals surface area contributed by atoms with Gasteiger partial charge in [0.05, 0.1) is 11.0 Å². The van der Waals surface area contributed by atoms with Gasteiger partial charge in [0.2, 0.25) is 0 Å². The van der Waals surface area contributed by atoms with Gasteiger partial charge in [0.25, 0.3) is 0 Å². The first-order valence-electron chi connectivity index (χ1n) is 7.48. The molecule has 0 aliphatic heterocycles. The summed E-state index contributed by atoms with van der Waals surface area (Å²) in [5.41, 5.74) is 8.37. The number of rotatable bonds is 6. The molecule has 0 radical (unpaired) electrons. The van der Waals surface area contributed by atoms with Crippen LogP contribution in [0.15, 0.2) is 22.7 Å². The third-order valence-electron chi connectivity index (χ3n) is 4.38. The summed E-state index contributed by atoms with van der Waals surface area (Å²) < 4.78 is 3.44. The van der Waals surface area contributed by atoms with Crippen LogP contribution in [0.5, 0.6) is 0 Å². The predicted octanol–water partition coefficient (Wildman–Crippen LogP) is 4.23. The number of benzene rings is 1. The van der Waals surface area contributed by atoms with Gasteiger partial charge in [-0.05, 0) is 37.5 Å². The molecule has 3 nitrogen and oxygen atoms in total. The average molecular weight is 338 g/mol. The van der Waals surface area contributed by atoms with Crippen molar-refractivity contribution in [1.82, 2.24) is 9.55 Å². The van der Waals surface area contributed by atoms with Crippen LogP contribution in [0.4, 0.5) is 0 Å². The van der Waals surface area contributed by atoms with Gasteiger partial charge in [0, 0.05) is 23.0 Å². The van der Waals surface area contributed by atoms with Crippen LogP contribution >= 0.6 is 15.9 Å². The lowest BCUT2D eigenvalue weighted by molar-refractivity contribution is 0.366. The van der Waals surface area contributed by atoms with Crippen LogP contribution in [0.3, 0.4) is 0 Å². The minimum atomic E-state index is -0.0132. The van der Waals surface area contributed by atoms with E-state index in [0.29, 0.717) is 6.54 Å². The van der Waals surface area contributed by atoms with Gasteiger partial charge in [-0.15, -0.1) is 0 Å². The fourth-order valence-electron chi connectivity index (χ4n) is 2.90. The standard InChI is InChI=1S/C16H24BrN3/c1-4-9-20-14-8-7-12(17)10-13(14)19-15(20)16(5-2,6-3)11-18/h7-8,10H,4-6,9,11,18H2,1-3H3. The molecule has 2 N–H and O–H groups in total. The molecular formula is C16H24BrN3. The maximum atomic E-state index is 6.12. The normalized spacial score (nSPS) is 12.2. The van der Waals surface area contributed by atoms with Gasteiger partial charge in [-0.3, -0.25) is 0 Å². The maximum Gasteiger partial charge on any atom is 0.117 e. The van der Waals surface area contributed by atoms with Gasteiger partial charge in [-0.1, -0.05) is 36.7 Å². The van der Waals surface area contributed by atoms with Crippen LogP contribution in [0.2, 0.25) is 0 Å². The molecule has 0 atom stereocenters. The molecule has 0 unspecified atom stereocenters. The average Bonchev–Trinajstić information content (AvgIpc) is 2.81. The third-order valence-corrected chi connectivity index (χ3v) is 4.87. The zero-order valence-corrected chi connectivity index (χ0v) is 14.2. The summed E-state index contributed by atoms with van der Waals surface area (Å²) in [6, 6.07) is 6.33. The molecule has 0 fully saturated rings. The highest BCUT2D eigenvalue weighted by atomic mass is 79.9. The van der Waals surface area contributed by atoms with Crippen molar-refractivity contribution in [2.45, 2.75) is 52.0 Å². The molecule has 2 rings (SSSR count). The molecule has 1 aromatic carbocycles. The van der Waals surface area contributed by atoms with Crippen molar-refractivity contribution < 1.29 is 0 Å². The summed E-state index contributed by atoms with van der Waals surface area (Å²) in [5.74, 6) is 1.15. The van der Waals surface area contributed by atoms with E-state index in [1.807, 2.05) is 0 Å². The molecule has 2 aromatic rings. The van der Waals surface area contributed by atoms with Gasteiger partial charge in [-0.2, -0.15) is 0 Å². The largest absolute Gasteiger partial charge is 0.329 e. The second-order valence-corrected chi connectivity index (χ2v) is 6.33. The number of fused-ring (bicyclic) bond motifs is 1. The first-order valence-corrected chi connectivity index (χ1v) is 8.27. The van der Waals surface area contributed by atoms with E-state index in [1.165, 1.54) is 5.52 Å². The number of nitrogens with zero attached hydrogens (tertiary/aromatic N) is 2. The quantitative estimate of drug-likeness (QED) is 0.857. The SMILES string of the molecule is CCCn1c(C(CC)(CC)CN)nc2cc(Br)ccc21. The highest BCUT2D eigenvalue weighted by molar-refractivity contribution is 9.10. The summed E-state index contributed by atoms with van der Waals surface area (Å²) in [6.07, 6.45) is 3.14. The van der Waals surface area contributed by atoms with E-state index >= 15 is 0 Å². The van der Waals surface area contributed by atoms with Crippen molar-refractivity contribution in [1.29, 1.82) is 0 Å². The van der Waals surface area contributed by atoms with Crippen molar-refractivity contribution in [3.63, 3.8) is 0 Å². The molecular weight excluding hydrogens is 314 g/mol. The predicted molar refractivity (Wildman–Crippen MR) is 89.0 cm³/mol. The molecule has 0 bridgehead atoms. The molecule has 0 saturated carbocycles. The molecule has 4 heteroatoms. The van der Waals surface area contributed by atoms with Gasteiger partial charge < -0.3 is 10.3 Å². The Bertz CT molecular complexity index is 576. The number of hydrogen-bond donors (Lipinski definition) is 1. The second kappa shape index (κ2) is 6.27. The fraction of sp³-hybridized carbons (Fsp3) is 0.562. The zero-order chi connectivity index (χ0) is 14.8. The summed E-state index contributed by atoms with van der Waals surface area (Å²) >= 11 is 3.53. The Hall–Kier alpha value is -0.870. The third kappa shape index (κ3) is 2.51. The van der Waals surface area contributed by atoms with Crippen LogP contribution in [0.1, 0.15) is 45.9 Å². The summed E-state index contributed by atoms with van der Waals surface area (Å²) in [7, 11) is 0. The van der Waals surface area contributed by atoms with Crippen LogP contribution in [0.25, 0.3) is 11.0 Å². The van der Waals surface area contributed by atoms with Crippen molar-refractivity contribution in [3.8, 4) is 0 Å². The Balaban J connectivity index is 2.70. The minimum Gasteiger partial charge on any atom is -0.329 e. The first-order chi connectivity index (χ1) is 9.61. The second-order valence-electron chi connectivity index (χ2n) is 5.41. The Kier molecular flexibility index (Phi) is 4.86. The summed E-state index contributed by atoms with van der Waals surface area (Å²) in [6.45, 7) is 8.27. The van der Waals surface area contributed by atoms with Crippen LogP contribution in [-0.2, 0) is 12.0 Å². The lowest BCUT2D eigenvalue weighted by Gasteiger charge is -2.30. The maximum absolute atomic E-state index is 6.12. The highest BCUT2D eigenvalue weighted by Crippen LogP contribution is 2.33. The number of hydrogen-bond acceptors (Lipinski definition) is 2. The molecule has 20 heavy (non-hydrogen) atoms. The number of aromatic nitrogens is 2. The van der Waals surface area contributed by atoms with E-state index in [1.54, 1.807) is 0 Å². The number of halogens is 1. The Morgan fingerprint density at radius 3 is 2.50 bits per heavy atom. The monoisotopic (exact) mass is 337 g/mol.